The zero-order valence-electron chi connectivity index (χ0n) is 30.4. The first-order chi connectivity index (χ1) is 22.3. The maximum Gasteiger partial charge on any atom is 0.341 e. The molecule has 7 heteroatoms. The average molecular weight is 661 g/mol. The summed E-state index contributed by atoms with van der Waals surface area (Å²) in [5.41, 5.74) is -0.0668. The summed E-state index contributed by atoms with van der Waals surface area (Å²) in [6.07, 6.45) is 9.50. The predicted molar refractivity (Wildman–Crippen MR) is 182 cm³/mol. The lowest BCUT2D eigenvalue weighted by Crippen LogP contribution is -2.67. The van der Waals surface area contributed by atoms with E-state index in [0.29, 0.717) is 12.8 Å². The fourth-order valence-electron chi connectivity index (χ4n) is 12.6. The Kier molecular flexibility index (Phi) is 8.20. The van der Waals surface area contributed by atoms with Crippen molar-refractivity contribution in [3.05, 3.63) is 47.5 Å². The number of hydrogen-bond donors (Lipinski definition) is 1. The molecule has 1 aromatic carbocycles. The number of aliphatic carboxylic acids is 1. The van der Waals surface area contributed by atoms with Crippen LogP contribution in [0.3, 0.4) is 0 Å². The Hall–Kier alpha value is -2.96. The fraction of sp³-hybridized carbons (Fsp3) is 0.707. The number of ether oxygens (including phenoxy) is 2. The van der Waals surface area contributed by atoms with Gasteiger partial charge in [0.05, 0.1) is 11.3 Å². The van der Waals surface area contributed by atoms with E-state index in [1.54, 1.807) is 0 Å². The lowest BCUT2D eigenvalue weighted by Gasteiger charge is -2.72. The second kappa shape index (κ2) is 11.3. The Morgan fingerprint density at radius 1 is 0.812 bits per heavy atom. The van der Waals surface area contributed by atoms with Crippen LogP contribution in [0.2, 0.25) is 0 Å². The summed E-state index contributed by atoms with van der Waals surface area (Å²) in [6, 6.07) is 9.83. The van der Waals surface area contributed by atoms with E-state index in [-0.39, 0.29) is 57.3 Å². The van der Waals surface area contributed by atoms with Gasteiger partial charge < -0.3 is 14.6 Å². The SMILES string of the molecule is CC1(C)[C@@H](C(=O)OCC(=O)O)CC[C@]2(C)[C@H]3C(=O)C=C4[C@]5(C)C[C@@](C)(C(=O)OCc6ccccc6)CC[C@]5(C)CC[C@@]4(C)[C@]3(C)CC[C@@H]12. The highest BCUT2D eigenvalue weighted by molar-refractivity contribution is 5.96. The topological polar surface area (TPSA) is 107 Å². The number of benzene rings is 1. The molecule has 6 rings (SSSR count). The highest BCUT2D eigenvalue weighted by Crippen LogP contribution is 2.78. The summed E-state index contributed by atoms with van der Waals surface area (Å²) in [7, 11) is 0. The van der Waals surface area contributed by atoms with Crippen molar-refractivity contribution in [2.45, 2.75) is 120 Å². The first-order valence-electron chi connectivity index (χ1n) is 18.1. The van der Waals surface area contributed by atoms with E-state index in [9.17, 15) is 19.2 Å². The van der Waals surface area contributed by atoms with Crippen LogP contribution < -0.4 is 0 Å². The highest BCUT2D eigenvalue weighted by atomic mass is 16.6. The zero-order valence-corrected chi connectivity index (χ0v) is 30.4. The van der Waals surface area contributed by atoms with Crippen molar-refractivity contribution in [1.82, 2.24) is 0 Å². The molecule has 0 radical (unpaired) electrons. The van der Waals surface area contributed by atoms with E-state index >= 15 is 0 Å². The van der Waals surface area contributed by atoms with Gasteiger partial charge in [0.2, 0.25) is 0 Å². The van der Waals surface area contributed by atoms with Gasteiger partial charge in [0.15, 0.2) is 12.4 Å². The van der Waals surface area contributed by atoms with E-state index in [1.807, 2.05) is 36.4 Å². The van der Waals surface area contributed by atoms with Crippen molar-refractivity contribution >= 4 is 23.7 Å². The van der Waals surface area contributed by atoms with Crippen LogP contribution in [0.25, 0.3) is 0 Å². The monoisotopic (exact) mass is 660 g/mol. The molecule has 9 atom stereocenters. The largest absolute Gasteiger partial charge is 0.479 e. The van der Waals surface area contributed by atoms with Gasteiger partial charge in [-0.1, -0.05) is 84.4 Å². The number of ketones is 1. The van der Waals surface area contributed by atoms with Gasteiger partial charge in [-0.05, 0) is 115 Å². The Labute approximate surface area is 286 Å². The normalized spacial score (nSPS) is 43.0. The standard InChI is InChI=1S/C41H56O7/c1-35(2)27(33(45)47-24-31(43)44)14-16-38(5)29(35)15-17-40(7)32(38)28(42)22-30-39(40,6)21-20-37(4)19-18-36(3,25-41(30,37)8)34(46)48-23-26-12-10-9-11-13-26/h9-13,22,27,29,32H,14-21,23-25H2,1-8H3,(H,43,44)/t27-,29+,32-,36+,37-,38+,39-,40-,41+/m1/s1. The van der Waals surface area contributed by atoms with Gasteiger partial charge in [-0.3, -0.25) is 14.4 Å². The molecule has 0 amide bonds. The fourth-order valence-corrected chi connectivity index (χ4v) is 12.6. The first-order valence-corrected chi connectivity index (χ1v) is 18.1. The predicted octanol–water partition coefficient (Wildman–Crippen LogP) is 8.34. The van der Waals surface area contributed by atoms with Crippen molar-refractivity contribution in [1.29, 1.82) is 0 Å². The Morgan fingerprint density at radius 2 is 1.48 bits per heavy atom. The molecule has 4 saturated carbocycles. The molecule has 0 bridgehead atoms. The molecule has 0 unspecified atom stereocenters. The molecular formula is C41H56O7. The molecule has 0 heterocycles. The van der Waals surface area contributed by atoms with Crippen LogP contribution in [0.15, 0.2) is 42.0 Å². The molecule has 4 fully saturated rings. The maximum absolute atomic E-state index is 14.8. The number of fused-ring (bicyclic) bond motifs is 7. The molecule has 0 saturated heterocycles. The maximum atomic E-state index is 14.8. The summed E-state index contributed by atoms with van der Waals surface area (Å²) < 4.78 is 11.2. The van der Waals surface area contributed by atoms with Crippen LogP contribution >= 0.6 is 0 Å². The van der Waals surface area contributed by atoms with E-state index in [1.165, 1.54) is 5.57 Å². The Morgan fingerprint density at radius 3 is 2.15 bits per heavy atom. The van der Waals surface area contributed by atoms with Gasteiger partial charge >= 0.3 is 17.9 Å². The Balaban J connectivity index is 1.33. The van der Waals surface area contributed by atoms with E-state index in [4.69, 9.17) is 14.6 Å². The van der Waals surface area contributed by atoms with Gasteiger partial charge in [-0.15, -0.1) is 0 Å². The molecule has 0 spiro atoms. The molecule has 5 aliphatic carbocycles. The van der Waals surface area contributed by atoms with Gasteiger partial charge in [0.25, 0.3) is 0 Å². The van der Waals surface area contributed by atoms with Crippen LogP contribution in [0.1, 0.15) is 119 Å². The quantitative estimate of drug-likeness (QED) is 0.306. The molecule has 0 aliphatic heterocycles. The minimum Gasteiger partial charge on any atom is -0.479 e. The lowest BCUT2D eigenvalue weighted by atomic mass is 9.31. The minimum absolute atomic E-state index is 0.0293. The van der Waals surface area contributed by atoms with Gasteiger partial charge in [0, 0.05) is 5.92 Å². The highest BCUT2D eigenvalue weighted by Gasteiger charge is 2.72. The van der Waals surface area contributed by atoms with Crippen molar-refractivity contribution in [2.24, 2.45) is 55.7 Å². The van der Waals surface area contributed by atoms with Crippen LogP contribution in [0, 0.1) is 55.7 Å². The number of carboxylic acid groups (broad SMARTS) is 1. The molecule has 48 heavy (non-hydrogen) atoms. The third-order valence-corrected chi connectivity index (χ3v) is 15.6. The number of hydrogen-bond acceptors (Lipinski definition) is 6. The summed E-state index contributed by atoms with van der Waals surface area (Å²) in [5.74, 6) is -2.03. The Bertz CT molecular complexity index is 1540. The van der Waals surface area contributed by atoms with Gasteiger partial charge in [-0.25, -0.2) is 4.79 Å². The van der Waals surface area contributed by atoms with E-state index in [0.717, 1.165) is 50.5 Å². The second-order valence-electron chi connectivity index (χ2n) is 18.3. The second-order valence-corrected chi connectivity index (χ2v) is 18.3. The minimum atomic E-state index is -1.15. The van der Waals surface area contributed by atoms with Crippen LogP contribution in [0.5, 0.6) is 0 Å². The number of allylic oxidation sites excluding steroid dienone is 2. The zero-order chi connectivity index (χ0) is 35.1. The number of carbonyl (C=O) groups is 4. The average Bonchev–Trinajstić information content (AvgIpc) is 3.01. The van der Waals surface area contributed by atoms with E-state index in [2.05, 4.69) is 55.4 Å². The van der Waals surface area contributed by atoms with Crippen LogP contribution in [-0.2, 0) is 35.3 Å². The number of carbonyl (C=O) groups excluding carboxylic acids is 3. The van der Waals surface area contributed by atoms with Crippen molar-refractivity contribution in [2.75, 3.05) is 6.61 Å². The van der Waals surface area contributed by atoms with E-state index < -0.39 is 35.3 Å². The summed E-state index contributed by atoms with van der Waals surface area (Å²) in [6.45, 7) is 17.7. The molecule has 262 valence electrons. The first kappa shape index (κ1) is 34.9. The molecule has 1 N–H and O–H groups in total. The number of esters is 2. The number of carboxylic acids is 1. The van der Waals surface area contributed by atoms with Crippen molar-refractivity contribution < 1.29 is 33.8 Å². The van der Waals surface area contributed by atoms with Crippen molar-refractivity contribution in [3.63, 3.8) is 0 Å². The van der Waals surface area contributed by atoms with Crippen LogP contribution in [-0.4, -0.2) is 35.4 Å². The van der Waals surface area contributed by atoms with Gasteiger partial charge in [-0.2, -0.15) is 0 Å². The third-order valence-electron chi connectivity index (χ3n) is 15.6. The summed E-state index contributed by atoms with van der Waals surface area (Å²) in [5, 5.41) is 9.11. The molecular weight excluding hydrogens is 604 g/mol. The van der Waals surface area contributed by atoms with Gasteiger partial charge in [0.1, 0.15) is 6.61 Å². The molecule has 1 aromatic rings. The lowest BCUT2D eigenvalue weighted by molar-refractivity contribution is -0.205. The summed E-state index contributed by atoms with van der Waals surface area (Å²) in [4.78, 5) is 53.0. The molecule has 7 nitrogen and oxygen atoms in total. The molecule has 5 aliphatic rings. The van der Waals surface area contributed by atoms with Crippen molar-refractivity contribution in [3.8, 4) is 0 Å². The van der Waals surface area contributed by atoms with Crippen LogP contribution in [0.4, 0.5) is 0 Å². The molecule has 0 aromatic heterocycles. The summed E-state index contributed by atoms with van der Waals surface area (Å²) >= 11 is 0. The third kappa shape index (κ3) is 4.87. The number of rotatable bonds is 6. The smallest absolute Gasteiger partial charge is 0.341 e.